The summed E-state index contributed by atoms with van der Waals surface area (Å²) in [5.41, 5.74) is 6.65. The van der Waals surface area contributed by atoms with E-state index in [1.54, 1.807) is 0 Å². The minimum absolute atomic E-state index is 0.519. The fourth-order valence-corrected chi connectivity index (χ4v) is 8.32. The third-order valence-corrected chi connectivity index (χ3v) is 10.9. The molecule has 12 rings (SSSR count). The fraction of sp³-hybridized carbons (Fsp3) is 0. The van der Waals surface area contributed by atoms with Crippen molar-refractivity contribution >= 4 is 76.1 Å². The van der Waals surface area contributed by atoms with Crippen LogP contribution < -0.4 is 0 Å². The lowest BCUT2D eigenvalue weighted by Crippen LogP contribution is -2.00. The Morgan fingerprint density at radius 3 is 1.64 bits per heavy atom. The molecule has 3 aromatic heterocycles. The van der Waals surface area contributed by atoms with E-state index in [0.717, 1.165) is 71.5 Å². The predicted octanol–water partition coefficient (Wildman–Crippen LogP) is 13.2. The van der Waals surface area contributed by atoms with Crippen molar-refractivity contribution in [2.45, 2.75) is 0 Å². The van der Waals surface area contributed by atoms with Gasteiger partial charge in [0.2, 0.25) is 5.89 Å². The van der Waals surface area contributed by atoms with Crippen LogP contribution in [0.2, 0.25) is 0 Å². The van der Waals surface area contributed by atoms with Crippen LogP contribution in [0.3, 0.4) is 0 Å². The highest BCUT2D eigenvalue weighted by Gasteiger charge is 2.19. The second kappa shape index (κ2) is 11.9. The Labute approximate surface area is 319 Å². The quantitative estimate of drug-likeness (QED) is 0.169. The van der Waals surface area contributed by atoms with Gasteiger partial charge in [-0.25, -0.2) is 19.9 Å². The van der Waals surface area contributed by atoms with Gasteiger partial charge in [-0.2, -0.15) is 0 Å². The van der Waals surface area contributed by atoms with Gasteiger partial charge in [-0.3, -0.25) is 0 Å². The number of rotatable bonds is 4. The maximum absolute atomic E-state index is 6.67. The SMILES string of the molecule is c1ccc(-c2nc(-c3cccc(-c4nc5ccc6ccc7oc8ccccc8c7c6c5o4)c3)nc(-c3ccc4c5ccccc5c5ccccc5c4c3)n2)cc1. The summed E-state index contributed by atoms with van der Waals surface area (Å²) >= 11 is 0. The third kappa shape index (κ3) is 4.69. The fourth-order valence-electron chi connectivity index (χ4n) is 8.32. The summed E-state index contributed by atoms with van der Waals surface area (Å²) in [5, 5.41) is 11.4. The summed E-state index contributed by atoms with van der Waals surface area (Å²) < 4.78 is 12.9. The third-order valence-electron chi connectivity index (χ3n) is 10.9. The maximum Gasteiger partial charge on any atom is 0.227 e. The number of nitrogens with zero attached hydrogens (tertiary/aromatic N) is 4. The Morgan fingerprint density at radius 2 is 0.893 bits per heavy atom. The normalized spacial score (nSPS) is 11.9. The summed E-state index contributed by atoms with van der Waals surface area (Å²) in [6, 6.07) is 58.2. The van der Waals surface area contributed by atoms with Crippen LogP contribution in [-0.4, -0.2) is 19.9 Å². The highest BCUT2D eigenvalue weighted by Crippen LogP contribution is 2.41. The highest BCUT2D eigenvalue weighted by atomic mass is 16.3. The number of hydrogen-bond acceptors (Lipinski definition) is 6. The van der Waals surface area contributed by atoms with E-state index in [9.17, 15) is 0 Å². The van der Waals surface area contributed by atoms with Gasteiger partial charge >= 0.3 is 0 Å². The van der Waals surface area contributed by atoms with E-state index in [1.807, 2.05) is 84.9 Å². The Morgan fingerprint density at radius 1 is 0.321 bits per heavy atom. The Bertz CT molecular complexity index is 3510. The smallest absolute Gasteiger partial charge is 0.227 e. The van der Waals surface area contributed by atoms with E-state index in [2.05, 4.69) is 84.9 Å². The molecule has 0 bridgehead atoms. The van der Waals surface area contributed by atoms with Crippen molar-refractivity contribution in [3.05, 3.63) is 170 Å². The van der Waals surface area contributed by atoms with Crippen molar-refractivity contribution in [1.82, 2.24) is 19.9 Å². The van der Waals surface area contributed by atoms with E-state index in [4.69, 9.17) is 28.8 Å². The van der Waals surface area contributed by atoms with Gasteiger partial charge in [0.15, 0.2) is 23.1 Å². The van der Waals surface area contributed by atoms with Crippen molar-refractivity contribution < 1.29 is 8.83 Å². The van der Waals surface area contributed by atoms with Crippen molar-refractivity contribution in [3.63, 3.8) is 0 Å². The van der Waals surface area contributed by atoms with E-state index in [-0.39, 0.29) is 0 Å². The number of para-hydroxylation sites is 1. The van der Waals surface area contributed by atoms with E-state index < -0.39 is 0 Å². The maximum atomic E-state index is 6.67. The summed E-state index contributed by atoms with van der Waals surface area (Å²) in [6.07, 6.45) is 0. The Balaban J connectivity index is 1.03. The van der Waals surface area contributed by atoms with Gasteiger partial charge in [0.25, 0.3) is 0 Å². The molecule has 0 saturated carbocycles. The molecule has 260 valence electrons. The van der Waals surface area contributed by atoms with Crippen molar-refractivity contribution in [1.29, 1.82) is 0 Å². The molecule has 6 heteroatoms. The predicted molar refractivity (Wildman–Crippen MR) is 226 cm³/mol. The van der Waals surface area contributed by atoms with Gasteiger partial charge < -0.3 is 8.83 Å². The summed E-state index contributed by atoms with van der Waals surface area (Å²) in [5.74, 6) is 2.28. The number of hydrogen-bond donors (Lipinski definition) is 0. The second-order valence-corrected chi connectivity index (χ2v) is 14.2. The van der Waals surface area contributed by atoms with Gasteiger partial charge in [0, 0.05) is 38.4 Å². The molecule has 0 unspecified atom stereocenters. The van der Waals surface area contributed by atoms with Crippen LogP contribution in [0.4, 0.5) is 0 Å². The van der Waals surface area contributed by atoms with Crippen LogP contribution in [0.25, 0.3) is 122 Å². The van der Waals surface area contributed by atoms with Gasteiger partial charge in [-0.05, 0) is 74.1 Å². The summed E-state index contributed by atoms with van der Waals surface area (Å²) in [6.45, 7) is 0. The number of aromatic nitrogens is 4. The molecule has 3 heterocycles. The van der Waals surface area contributed by atoms with Gasteiger partial charge in [0.05, 0.1) is 0 Å². The molecular formula is C50H28N4O2. The average Bonchev–Trinajstić information content (AvgIpc) is 3.89. The first-order valence-electron chi connectivity index (χ1n) is 18.6. The molecule has 0 radical (unpaired) electrons. The number of fused-ring (bicyclic) bond motifs is 13. The lowest BCUT2D eigenvalue weighted by Gasteiger charge is -2.12. The highest BCUT2D eigenvalue weighted by molar-refractivity contribution is 6.26. The first-order valence-corrected chi connectivity index (χ1v) is 18.6. The van der Waals surface area contributed by atoms with Gasteiger partial charge in [-0.15, -0.1) is 0 Å². The first-order chi connectivity index (χ1) is 27.7. The molecule has 0 N–H and O–H groups in total. The summed E-state index contributed by atoms with van der Waals surface area (Å²) in [7, 11) is 0. The van der Waals surface area contributed by atoms with Crippen LogP contribution >= 0.6 is 0 Å². The molecule has 6 nitrogen and oxygen atoms in total. The second-order valence-electron chi connectivity index (χ2n) is 14.2. The topological polar surface area (TPSA) is 77.8 Å². The molecule has 0 spiro atoms. The first kappa shape index (κ1) is 30.7. The molecule has 0 aliphatic carbocycles. The van der Waals surface area contributed by atoms with E-state index in [1.165, 1.54) is 26.9 Å². The van der Waals surface area contributed by atoms with Crippen molar-refractivity contribution in [3.8, 4) is 45.6 Å². The lowest BCUT2D eigenvalue weighted by molar-refractivity contribution is 0.623. The molecule has 56 heavy (non-hydrogen) atoms. The van der Waals surface area contributed by atoms with Gasteiger partial charge in [-0.1, -0.05) is 133 Å². The monoisotopic (exact) mass is 716 g/mol. The molecular weight excluding hydrogens is 689 g/mol. The van der Waals surface area contributed by atoms with Crippen LogP contribution in [0.1, 0.15) is 0 Å². The number of benzene rings is 9. The van der Waals surface area contributed by atoms with Crippen LogP contribution in [0.5, 0.6) is 0 Å². The molecule has 0 atom stereocenters. The Kier molecular flexibility index (Phi) is 6.53. The van der Waals surface area contributed by atoms with Crippen LogP contribution in [0.15, 0.2) is 179 Å². The van der Waals surface area contributed by atoms with E-state index >= 15 is 0 Å². The molecule has 0 aliphatic rings. The van der Waals surface area contributed by atoms with Crippen molar-refractivity contribution in [2.24, 2.45) is 0 Å². The zero-order valence-electron chi connectivity index (χ0n) is 29.8. The summed E-state index contributed by atoms with van der Waals surface area (Å²) in [4.78, 5) is 20.2. The van der Waals surface area contributed by atoms with E-state index in [0.29, 0.717) is 23.4 Å². The van der Waals surface area contributed by atoms with Crippen LogP contribution in [-0.2, 0) is 0 Å². The largest absolute Gasteiger partial charge is 0.456 e. The minimum Gasteiger partial charge on any atom is -0.456 e. The zero-order chi connectivity index (χ0) is 36.7. The number of oxazole rings is 1. The lowest BCUT2D eigenvalue weighted by atomic mass is 9.93. The molecule has 0 aliphatic heterocycles. The molecule has 9 aromatic carbocycles. The van der Waals surface area contributed by atoms with Gasteiger partial charge in [0.1, 0.15) is 16.7 Å². The molecule has 12 aromatic rings. The molecule has 0 fully saturated rings. The van der Waals surface area contributed by atoms with Crippen LogP contribution in [0, 0.1) is 0 Å². The average molecular weight is 717 g/mol. The molecule has 0 saturated heterocycles. The Hall–Kier alpha value is -7.70. The standard InChI is InChI=1S/C50H28N4O2/c1-2-11-30(12-3-1)47-52-48(54-49(53-47)32-21-24-38-36-17-5-4-15-34(36)35-16-6-7-18-37(35)40(38)28-32)31-13-10-14-33(27-31)50-51-41-25-22-29-23-26-43-45(44(29)46(41)56-50)39-19-8-9-20-42(39)55-43/h1-28H. The minimum atomic E-state index is 0.519. The number of furan rings is 1. The van der Waals surface area contributed by atoms with Crippen molar-refractivity contribution in [2.75, 3.05) is 0 Å². The zero-order valence-corrected chi connectivity index (χ0v) is 29.8. The molecule has 0 amide bonds.